The number of hydrogen-bond donors (Lipinski definition) is 1. The van der Waals surface area contributed by atoms with Crippen LogP contribution in [0.2, 0.25) is 0 Å². The first-order valence-electron chi connectivity index (χ1n) is 7.33. The number of nitrogens with zero attached hydrogens (tertiary/aromatic N) is 3. The Morgan fingerprint density at radius 1 is 1.27 bits per heavy atom. The number of likely N-dealkylation sites (tertiary alicyclic amines) is 1. The molecule has 0 radical (unpaired) electrons. The van der Waals surface area contributed by atoms with Gasteiger partial charge in [-0.2, -0.15) is 13.2 Å². The third-order valence-electron chi connectivity index (χ3n) is 4.21. The van der Waals surface area contributed by atoms with Crippen LogP contribution < -0.4 is 0 Å². The number of imidazole rings is 1. The highest BCUT2D eigenvalue weighted by Gasteiger charge is 2.44. The van der Waals surface area contributed by atoms with Gasteiger partial charge in [0.1, 0.15) is 5.65 Å². The summed E-state index contributed by atoms with van der Waals surface area (Å²) in [5.41, 5.74) is 1.76. The van der Waals surface area contributed by atoms with Gasteiger partial charge in [-0.1, -0.05) is 6.07 Å². The molecule has 0 aliphatic carbocycles. The van der Waals surface area contributed by atoms with Crippen molar-refractivity contribution < 1.29 is 18.3 Å². The van der Waals surface area contributed by atoms with Crippen LogP contribution in [0, 0.1) is 5.92 Å². The van der Waals surface area contributed by atoms with E-state index < -0.39 is 18.2 Å². The number of fused-ring (bicyclic) bond motifs is 1. The van der Waals surface area contributed by atoms with Crippen LogP contribution in [0.25, 0.3) is 5.65 Å². The minimum absolute atomic E-state index is 0.355. The topological polar surface area (TPSA) is 40.8 Å². The summed E-state index contributed by atoms with van der Waals surface area (Å²) in [5.74, 6) is -0.697. The Morgan fingerprint density at radius 3 is 2.64 bits per heavy atom. The quantitative estimate of drug-likeness (QED) is 0.946. The molecule has 3 heterocycles. The summed E-state index contributed by atoms with van der Waals surface area (Å²) in [5, 5.41) is 9.32. The van der Waals surface area contributed by atoms with Crippen molar-refractivity contribution in [1.82, 2.24) is 14.3 Å². The van der Waals surface area contributed by atoms with Crippen molar-refractivity contribution >= 4 is 5.65 Å². The molecular formula is C15H18F3N3O. The number of piperidine rings is 1. The zero-order valence-corrected chi connectivity index (χ0v) is 12.0. The molecule has 1 atom stereocenters. The van der Waals surface area contributed by atoms with E-state index in [1.807, 2.05) is 35.0 Å². The zero-order valence-electron chi connectivity index (χ0n) is 12.0. The third-order valence-corrected chi connectivity index (χ3v) is 4.21. The molecule has 1 N–H and O–H groups in total. The van der Waals surface area contributed by atoms with Crippen LogP contribution in [-0.2, 0) is 6.54 Å². The van der Waals surface area contributed by atoms with E-state index in [0.29, 0.717) is 32.5 Å². The molecule has 1 aliphatic heterocycles. The van der Waals surface area contributed by atoms with E-state index in [2.05, 4.69) is 9.88 Å². The highest BCUT2D eigenvalue weighted by molar-refractivity contribution is 5.39. The van der Waals surface area contributed by atoms with Gasteiger partial charge in [0.15, 0.2) is 6.10 Å². The van der Waals surface area contributed by atoms with Crippen LogP contribution in [-0.4, -0.2) is 44.8 Å². The molecule has 0 aromatic carbocycles. The monoisotopic (exact) mass is 313 g/mol. The molecule has 1 unspecified atom stereocenters. The summed E-state index contributed by atoms with van der Waals surface area (Å²) in [6, 6.07) is 5.74. The molecule has 0 saturated carbocycles. The highest BCUT2D eigenvalue weighted by Crippen LogP contribution is 2.31. The van der Waals surface area contributed by atoms with E-state index in [1.165, 1.54) is 0 Å². The number of halogens is 3. The normalized spacial score (nSPS) is 19.6. The fourth-order valence-electron chi connectivity index (χ4n) is 2.99. The van der Waals surface area contributed by atoms with Crippen LogP contribution >= 0.6 is 0 Å². The van der Waals surface area contributed by atoms with Gasteiger partial charge >= 0.3 is 6.18 Å². The third kappa shape index (κ3) is 3.25. The first-order chi connectivity index (χ1) is 10.4. The van der Waals surface area contributed by atoms with Gasteiger partial charge in [-0.25, -0.2) is 4.98 Å². The summed E-state index contributed by atoms with van der Waals surface area (Å²) in [4.78, 5) is 6.58. The van der Waals surface area contributed by atoms with Gasteiger partial charge in [-0.05, 0) is 44.0 Å². The Kier molecular flexibility index (Phi) is 4.10. The number of rotatable bonds is 3. The van der Waals surface area contributed by atoms with Crippen molar-refractivity contribution in [2.75, 3.05) is 13.1 Å². The fraction of sp³-hybridized carbons (Fsp3) is 0.533. The molecule has 120 valence electrons. The minimum Gasteiger partial charge on any atom is -0.383 e. The maximum atomic E-state index is 12.5. The molecule has 0 spiro atoms. The van der Waals surface area contributed by atoms with Gasteiger partial charge < -0.3 is 9.51 Å². The van der Waals surface area contributed by atoms with E-state index in [1.54, 1.807) is 0 Å². The molecule has 22 heavy (non-hydrogen) atoms. The molecule has 1 aliphatic rings. The molecule has 3 rings (SSSR count). The maximum absolute atomic E-state index is 12.5. The van der Waals surface area contributed by atoms with Crippen LogP contribution in [0.4, 0.5) is 13.2 Å². The molecule has 0 amide bonds. The lowest BCUT2D eigenvalue weighted by Gasteiger charge is -2.34. The Morgan fingerprint density at radius 2 is 2.00 bits per heavy atom. The molecular weight excluding hydrogens is 295 g/mol. The van der Waals surface area contributed by atoms with E-state index in [9.17, 15) is 18.3 Å². The van der Waals surface area contributed by atoms with Crippen LogP contribution in [0.1, 0.15) is 18.5 Å². The molecule has 1 saturated heterocycles. The Balaban J connectivity index is 1.58. The van der Waals surface area contributed by atoms with Crippen LogP contribution in [0.3, 0.4) is 0 Å². The lowest BCUT2D eigenvalue weighted by atomic mass is 9.91. The summed E-state index contributed by atoms with van der Waals surface area (Å²) in [6.07, 6.45) is -2.16. The fourth-order valence-corrected chi connectivity index (χ4v) is 2.99. The van der Waals surface area contributed by atoms with Crippen molar-refractivity contribution in [3.63, 3.8) is 0 Å². The number of aliphatic hydroxyl groups is 1. The molecule has 7 heteroatoms. The minimum atomic E-state index is -4.52. The van der Waals surface area contributed by atoms with Crippen molar-refractivity contribution in [3.05, 3.63) is 36.3 Å². The second kappa shape index (κ2) is 5.89. The van der Waals surface area contributed by atoms with Crippen LogP contribution in [0.5, 0.6) is 0 Å². The Hall–Kier alpha value is -1.60. The summed E-state index contributed by atoms with van der Waals surface area (Å²) in [7, 11) is 0. The molecule has 4 nitrogen and oxygen atoms in total. The molecule has 2 aromatic heterocycles. The summed E-state index contributed by atoms with van der Waals surface area (Å²) in [6.45, 7) is 1.72. The number of pyridine rings is 1. The molecule has 0 bridgehead atoms. The zero-order chi connectivity index (χ0) is 15.7. The number of aliphatic hydroxyl groups excluding tert-OH is 1. The summed E-state index contributed by atoms with van der Waals surface area (Å²) < 4.78 is 39.5. The van der Waals surface area contributed by atoms with Gasteiger partial charge in [0, 0.05) is 18.9 Å². The van der Waals surface area contributed by atoms with E-state index in [-0.39, 0.29) is 0 Å². The van der Waals surface area contributed by atoms with E-state index in [4.69, 9.17) is 0 Å². The largest absolute Gasteiger partial charge is 0.414 e. The number of aromatic nitrogens is 2. The predicted molar refractivity (Wildman–Crippen MR) is 75.3 cm³/mol. The van der Waals surface area contributed by atoms with Gasteiger partial charge in [0.25, 0.3) is 0 Å². The van der Waals surface area contributed by atoms with E-state index in [0.717, 1.165) is 11.3 Å². The van der Waals surface area contributed by atoms with Crippen molar-refractivity contribution in [2.24, 2.45) is 5.92 Å². The average Bonchev–Trinajstić information content (AvgIpc) is 2.88. The number of hydrogen-bond acceptors (Lipinski definition) is 3. The van der Waals surface area contributed by atoms with Crippen LogP contribution in [0.15, 0.2) is 30.6 Å². The van der Waals surface area contributed by atoms with Crippen molar-refractivity contribution in [1.29, 1.82) is 0 Å². The first-order valence-corrected chi connectivity index (χ1v) is 7.33. The SMILES string of the molecule is OC(C1CCN(Cc2cn3ccccc3n2)CC1)C(F)(F)F. The standard InChI is InChI=1S/C15H18F3N3O/c16-15(17,18)14(22)11-4-7-20(8-5-11)9-12-10-21-6-2-1-3-13(21)19-12/h1-3,6,10-11,14,22H,4-5,7-9H2. The summed E-state index contributed by atoms with van der Waals surface area (Å²) >= 11 is 0. The second-order valence-corrected chi connectivity index (χ2v) is 5.80. The number of alkyl halides is 3. The predicted octanol–water partition coefficient (Wildman–Crippen LogP) is 2.47. The highest BCUT2D eigenvalue weighted by atomic mass is 19.4. The van der Waals surface area contributed by atoms with Crippen molar-refractivity contribution in [3.8, 4) is 0 Å². The lowest BCUT2D eigenvalue weighted by Crippen LogP contribution is -2.43. The Labute approximate surface area is 126 Å². The average molecular weight is 313 g/mol. The lowest BCUT2D eigenvalue weighted by molar-refractivity contribution is -0.223. The van der Waals surface area contributed by atoms with Gasteiger partial charge in [-0.15, -0.1) is 0 Å². The second-order valence-electron chi connectivity index (χ2n) is 5.80. The molecule has 2 aromatic rings. The van der Waals surface area contributed by atoms with Crippen molar-refractivity contribution in [2.45, 2.75) is 31.7 Å². The van der Waals surface area contributed by atoms with E-state index >= 15 is 0 Å². The molecule has 1 fully saturated rings. The Bertz CT molecular complexity index is 599. The maximum Gasteiger partial charge on any atom is 0.414 e. The first kappa shape index (κ1) is 15.3. The van der Waals surface area contributed by atoms with Gasteiger partial charge in [0.2, 0.25) is 0 Å². The smallest absolute Gasteiger partial charge is 0.383 e. The van der Waals surface area contributed by atoms with Gasteiger partial charge in [-0.3, -0.25) is 4.90 Å². The van der Waals surface area contributed by atoms with Gasteiger partial charge in [0.05, 0.1) is 5.69 Å².